The van der Waals surface area contributed by atoms with Crippen LogP contribution in [0, 0.1) is 0 Å². The summed E-state index contributed by atoms with van der Waals surface area (Å²) < 4.78 is 4.86. The third kappa shape index (κ3) is 2.35. The van der Waals surface area contributed by atoms with Crippen molar-refractivity contribution in [3.8, 4) is 0 Å². The Morgan fingerprint density at radius 3 is 2.53 bits per heavy atom. The molecular formula is C12H14N2O3. The molecule has 0 spiro atoms. The van der Waals surface area contributed by atoms with Crippen LogP contribution in [0.5, 0.6) is 0 Å². The summed E-state index contributed by atoms with van der Waals surface area (Å²) in [5.41, 5.74) is 7.21. The van der Waals surface area contributed by atoms with Gasteiger partial charge in [-0.25, -0.2) is 4.90 Å². The first-order valence-corrected chi connectivity index (χ1v) is 5.38. The van der Waals surface area contributed by atoms with Crippen LogP contribution in [0.15, 0.2) is 24.3 Å². The van der Waals surface area contributed by atoms with Gasteiger partial charge in [0.25, 0.3) is 11.8 Å². The van der Waals surface area contributed by atoms with Crippen molar-refractivity contribution < 1.29 is 14.3 Å². The van der Waals surface area contributed by atoms with Gasteiger partial charge in [-0.15, -0.1) is 0 Å². The van der Waals surface area contributed by atoms with E-state index in [9.17, 15) is 9.59 Å². The highest BCUT2D eigenvalue weighted by Gasteiger charge is 2.28. The first-order valence-electron chi connectivity index (χ1n) is 5.38. The monoisotopic (exact) mass is 234 g/mol. The number of ether oxygens (including phenoxy) is 1. The lowest BCUT2D eigenvalue weighted by atomic mass is 10.1. The third-order valence-electron chi connectivity index (χ3n) is 2.60. The number of morpholine rings is 1. The lowest BCUT2D eigenvalue weighted by Crippen LogP contribution is -2.46. The van der Waals surface area contributed by atoms with E-state index in [1.54, 1.807) is 18.2 Å². The molecule has 1 unspecified atom stereocenters. The molecule has 1 aliphatic heterocycles. The predicted molar refractivity (Wildman–Crippen MR) is 62.4 cm³/mol. The van der Waals surface area contributed by atoms with Gasteiger partial charge in [-0.2, -0.15) is 0 Å². The molecule has 90 valence electrons. The molecule has 2 amide bonds. The standard InChI is InChI=1S/C12H14N2O3/c1-8(13)9-3-2-4-10(5-9)14-11(15)6-17-7-12(14)16/h2-5,8H,6-7,13H2,1H3. The number of rotatable bonds is 2. The van der Waals surface area contributed by atoms with Crippen molar-refractivity contribution in [1.82, 2.24) is 0 Å². The molecule has 1 saturated heterocycles. The van der Waals surface area contributed by atoms with Crippen molar-refractivity contribution in [2.75, 3.05) is 18.1 Å². The first-order chi connectivity index (χ1) is 8.09. The molecule has 0 aromatic heterocycles. The molecule has 5 nitrogen and oxygen atoms in total. The Hall–Kier alpha value is -1.72. The van der Waals surface area contributed by atoms with Crippen LogP contribution in [0.4, 0.5) is 5.69 Å². The molecule has 1 atom stereocenters. The van der Waals surface area contributed by atoms with Gasteiger partial charge in [0.05, 0.1) is 5.69 Å². The fraction of sp³-hybridized carbons (Fsp3) is 0.333. The highest BCUT2D eigenvalue weighted by molar-refractivity contribution is 6.17. The van der Waals surface area contributed by atoms with E-state index < -0.39 is 0 Å². The SMILES string of the molecule is CC(N)c1cccc(N2C(=O)COCC2=O)c1. The number of nitrogens with zero attached hydrogens (tertiary/aromatic N) is 1. The van der Waals surface area contributed by atoms with E-state index in [4.69, 9.17) is 10.5 Å². The third-order valence-corrected chi connectivity index (χ3v) is 2.60. The molecule has 1 aliphatic rings. The number of benzene rings is 1. The number of imide groups is 1. The molecule has 17 heavy (non-hydrogen) atoms. The minimum Gasteiger partial charge on any atom is -0.362 e. The maximum absolute atomic E-state index is 11.6. The summed E-state index contributed by atoms with van der Waals surface area (Å²) in [6, 6.07) is 6.98. The number of anilines is 1. The number of nitrogens with two attached hydrogens (primary N) is 1. The van der Waals surface area contributed by atoms with Crippen LogP contribution in [0.3, 0.4) is 0 Å². The number of carbonyl (C=O) groups is 2. The Kier molecular flexibility index (Phi) is 3.21. The van der Waals surface area contributed by atoms with Gasteiger partial charge in [-0.05, 0) is 24.6 Å². The zero-order chi connectivity index (χ0) is 12.4. The molecule has 0 radical (unpaired) electrons. The highest BCUT2D eigenvalue weighted by atomic mass is 16.5. The van der Waals surface area contributed by atoms with Gasteiger partial charge in [-0.1, -0.05) is 12.1 Å². The molecule has 0 saturated carbocycles. The molecule has 5 heteroatoms. The van der Waals surface area contributed by atoms with Crippen molar-refractivity contribution in [2.24, 2.45) is 5.73 Å². The summed E-state index contributed by atoms with van der Waals surface area (Å²) >= 11 is 0. The van der Waals surface area contributed by atoms with Crippen molar-refractivity contribution >= 4 is 17.5 Å². The maximum atomic E-state index is 11.6. The van der Waals surface area contributed by atoms with Gasteiger partial charge in [0.2, 0.25) is 0 Å². The van der Waals surface area contributed by atoms with Crippen LogP contribution in [0.1, 0.15) is 18.5 Å². The Morgan fingerprint density at radius 2 is 1.94 bits per heavy atom. The van der Waals surface area contributed by atoms with Gasteiger partial charge in [0, 0.05) is 6.04 Å². The van der Waals surface area contributed by atoms with Gasteiger partial charge in [0.15, 0.2) is 0 Å². The molecule has 1 aromatic rings. The molecule has 0 aliphatic carbocycles. The second kappa shape index (κ2) is 4.65. The minimum absolute atomic E-state index is 0.0614. The summed E-state index contributed by atoms with van der Waals surface area (Å²) in [7, 11) is 0. The van der Waals surface area contributed by atoms with E-state index in [0.29, 0.717) is 5.69 Å². The van der Waals surface area contributed by atoms with Crippen molar-refractivity contribution in [1.29, 1.82) is 0 Å². The van der Waals surface area contributed by atoms with Crippen molar-refractivity contribution in [3.63, 3.8) is 0 Å². The molecular weight excluding hydrogens is 220 g/mol. The highest BCUT2D eigenvalue weighted by Crippen LogP contribution is 2.21. The Morgan fingerprint density at radius 1 is 1.29 bits per heavy atom. The van der Waals surface area contributed by atoms with Gasteiger partial charge < -0.3 is 10.5 Å². The quantitative estimate of drug-likeness (QED) is 0.760. The predicted octanol–water partition coefficient (Wildman–Crippen LogP) is 0.596. The molecule has 2 rings (SSSR count). The average Bonchev–Trinajstić information content (AvgIpc) is 2.29. The second-order valence-electron chi connectivity index (χ2n) is 4.00. The minimum atomic E-state index is -0.344. The number of amides is 2. The first kappa shape index (κ1) is 11.8. The number of hydrogen-bond donors (Lipinski definition) is 1. The average molecular weight is 234 g/mol. The van der Waals surface area contributed by atoms with Crippen molar-refractivity contribution in [2.45, 2.75) is 13.0 Å². The Labute approximate surface area is 99.2 Å². The fourth-order valence-corrected chi connectivity index (χ4v) is 1.73. The Balaban J connectivity index is 2.35. The number of carbonyl (C=O) groups excluding carboxylic acids is 2. The molecule has 2 N–H and O–H groups in total. The lowest BCUT2D eigenvalue weighted by molar-refractivity contribution is -0.138. The summed E-state index contributed by atoms with van der Waals surface area (Å²) in [6.07, 6.45) is 0. The van der Waals surface area contributed by atoms with Gasteiger partial charge in [0.1, 0.15) is 13.2 Å². The normalized spacial score (nSPS) is 18.4. The zero-order valence-electron chi connectivity index (χ0n) is 9.55. The van der Waals surface area contributed by atoms with Crippen LogP contribution in [-0.4, -0.2) is 25.0 Å². The van der Waals surface area contributed by atoms with Crippen LogP contribution < -0.4 is 10.6 Å². The molecule has 1 heterocycles. The molecule has 1 fully saturated rings. The van der Waals surface area contributed by atoms with E-state index in [-0.39, 0.29) is 31.1 Å². The van der Waals surface area contributed by atoms with Crippen LogP contribution >= 0.6 is 0 Å². The second-order valence-corrected chi connectivity index (χ2v) is 4.00. The largest absolute Gasteiger partial charge is 0.362 e. The van der Waals surface area contributed by atoms with E-state index in [0.717, 1.165) is 10.5 Å². The topological polar surface area (TPSA) is 72.6 Å². The van der Waals surface area contributed by atoms with Crippen molar-refractivity contribution in [3.05, 3.63) is 29.8 Å². The van der Waals surface area contributed by atoms with E-state index in [1.165, 1.54) is 0 Å². The Bertz CT molecular complexity index is 441. The molecule has 0 bridgehead atoms. The van der Waals surface area contributed by atoms with Crippen LogP contribution in [-0.2, 0) is 14.3 Å². The van der Waals surface area contributed by atoms with Gasteiger partial charge in [-0.3, -0.25) is 9.59 Å². The number of hydrogen-bond acceptors (Lipinski definition) is 4. The van der Waals surface area contributed by atoms with E-state index in [2.05, 4.69) is 0 Å². The van der Waals surface area contributed by atoms with Crippen LogP contribution in [0.25, 0.3) is 0 Å². The lowest BCUT2D eigenvalue weighted by Gasteiger charge is -2.25. The summed E-state index contributed by atoms with van der Waals surface area (Å²) in [5, 5.41) is 0. The smallest absolute Gasteiger partial charge is 0.259 e. The van der Waals surface area contributed by atoms with Crippen LogP contribution in [0.2, 0.25) is 0 Å². The van der Waals surface area contributed by atoms with E-state index >= 15 is 0 Å². The zero-order valence-corrected chi connectivity index (χ0v) is 9.55. The van der Waals surface area contributed by atoms with E-state index in [1.807, 2.05) is 13.0 Å². The maximum Gasteiger partial charge on any atom is 0.259 e. The fourth-order valence-electron chi connectivity index (χ4n) is 1.73. The summed E-state index contributed by atoms with van der Waals surface area (Å²) in [4.78, 5) is 24.4. The summed E-state index contributed by atoms with van der Waals surface area (Å²) in [5.74, 6) is -0.689. The van der Waals surface area contributed by atoms with Gasteiger partial charge >= 0.3 is 0 Å². The summed E-state index contributed by atoms with van der Waals surface area (Å²) in [6.45, 7) is 1.73. The molecule has 1 aromatic carbocycles.